The Labute approximate surface area is 92.7 Å². The molecule has 1 saturated carbocycles. The molecule has 3 heteroatoms. The van der Waals surface area contributed by atoms with E-state index in [1.165, 1.54) is 11.3 Å². The van der Waals surface area contributed by atoms with E-state index in [0.29, 0.717) is 0 Å². The predicted molar refractivity (Wildman–Crippen MR) is 59.3 cm³/mol. The molecule has 1 aromatic rings. The molecule has 0 aromatic heterocycles. The Morgan fingerprint density at radius 2 is 2.13 bits per heavy atom. The smallest absolute Gasteiger partial charge is 0.312 e. The predicted octanol–water partition coefficient (Wildman–Crippen LogP) is 2.88. The highest BCUT2D eigenvalue weighted by molar-refractivity contribution is 8.01. The fraction of sp³-hybridized carbons (Fsp3) is 0.417. The van der Waals surface area contributed by atoms with Gasteiger partial charge in [0.2, 0.25) is 0 Å². The van der Waals surface area contributed by atoms with Crippen molar-refractivity contribution < 1.29 is 9.90 Å². The van der Waals surface area contributed by atoms with Gasteiger partial charge in [0.15, 0.2) is 0 Å². The van der Waals surface area contributed by atoms with E-state index in [4.69, 9.17) is 0 Å². The Balaban J connectivity index is 2.10. The SMILES string of the molecule is O=C(O)C1c2ccccc2SC12CCC2. The third-order valence-electron chi connectivity index (χ3n) is 3.52. The molecule has 0 amide bonds. The molecule has 78 valence electrons. The van der Waals surface area contributed by atoms with Crippen LogP contribution in [0.25, 0.3) is 0 Å². The van der Waals surface area contributed by atoms with Gasteiger partial charge in [0.25, 0.3) is 0 Å². The summed E-state index contributed by atoms with van der Waals surface area (Å²) in [5, 5.41) is 9.35. The normalized spacial score (nSPS) is 26.0. The van der Waals surface area contributed by atoms with Gasteiger partial charge in [0.1, 0.15) is 0 Å². The summed E-state index contributed by atoms with van der Waals surface area (Å²) in [7, 11) is 0. The number of carbonyl (C=O) groups is 1. The number of aliphatic carboxylic acids is 1. The molecule has 1 unspecified atom stereocenters. The van der Waals surface area contributed by atoms with E-state index in [9.17, 15) is 9.90 Å². The minimum Gasteiger partial charge on any atom is -0.481 e. The molecule has 2 aliphatic rings. The maximum Gasteiger partial charge on any atom is 0.312 e. The van der Waals surface area contributed by atoms with E-state index in [1.54, 1.807) is 11.8 Å². The number of rotatable bonds is 1. The quantitative estimate of drug-likeness (QED) is 0.790. The largest absolute Gasteiger partial charge is 0.481 e. The molecule has 1 N–H and O–H groups in total. The van der Waals surface area contributed by atoms with Crippen LogP contribution in [0.3, 0.4) is 0 Å². The maximum absolute atomic E-state index is 11.4. The van der Waals surface area contributed by atoms with E-state index in [2.05, 4.69) is 0 Å². The van der Waals surface area contributed by atoms with Gasteiger partial charge in [0, 0.05) is 9.64 Å². The van der Waals surface area contributed by atoms with Crippen molar-refractivity contribution in [3.8, 4) is 0 Å². The van der Waals surface area contributed by atoms with Crippen LogP contribution < -0.4 is 0 Å². The molecule has 1 aliphatic heterocycles. The third-order valence-corrected chi connectivity index (χ3v) is 5.16. The second kappa shape index (κ2) is 3.01. The second-order valence-corrected chi connectivity index (χ2v) is 5.79. The number of fused-ring (bicyclic) bond motifs is 1. The molecule has 2 nitrogen and oxygen atoms in total. The highest BCUT2D eigenvalue weighted by atomic mass is 32.2. The van der Waals surface area contributed by atoms with E-state index >= 15 is 0 Å². The van der Waals surface area contributed by atoms with Gasteiger partial charge in [-0.25, -0.2) is 0 Å². The number of carboxylic acid groups (broad SMARTS) is 1. The van der Waals surface area contributed by atoms with Crippen molar-refractivity contribution in [1.82, 2.24) is 0 Å². The standard InChI is InChI=1S/C12H12O2S/c13-11(14)10-8-4-1-2-5-9(8)15-12(10)6-3-7-12/h1-2,4-5,10H,3,6-7H2,(H,13,14). The molecule has 1 aromatic carbocycles. The molecule has 3 rings (SSSR count). The molecule has 1 fully saturated rings. The number of thioether (sulfide) groups is 1. The molecule has 1 aliphatic carbocycles. The lowest BCUT2D eigenvalue weighted by Gasteiger charge is -2.40. The van der Waals surface area contributed by atoms with Crippen molar-refractivity contribution in [1.29, 1.82) is 0 Å². The zero-order valence-corrected chi connectivity index (χ0v) is 9.09. The van der Waals surface area contributed by atoms with Crippen molar-refractivity contribution >= 4 is 17.7 Å². The molecule has 1 spiro atoms. The van der Waals surface area contributed by atoms with Gasteiger partial charge in [-0.3, -0.25) is 4.79 Å². The summed E-state index contributed by atoms with van der Waals surface area (Å²) >= 11 is 1.78. The van der Waals surface area contributed by atoms with Crippen LogP contribution in [0.15, 0.2) is 29.2 Å². The zero-order chi connectivity index (χ0) is 10.5. The van der Waals surface area contributed by atoms with Crippen LogP contribution in [-0.4, -0.2) is 15.8 Å². The summed E-state index contributed by atoms with van der Waals surface area (Å²) in [6.45, 7) is 0. The first-order valence-corrected chi connectivity index (χ1v) is 6.05. The Morgan fingerprint density at radius 3 is 2.73 bits per heavy atom. The van der Waals surface area contributed by atoms with Gasteiger partial charge in [-0.05, 0) is 24.5 Å². The van der Waals surface area contributed by atoms with E-state index in [0.717, 1.165) is 18.4 Å². The maximum atomic E-state index is 11.4. The molecular weight excluding hydrogens is 208 g/mol. The Kier molecular flexibility index (Phi) is 1.87. The molecule has 0 saturated heterocycles. The van der Waals surface area contributed by atoms with Crippen LogP contribution in [0.2, 0.25) is 0 Å². The summed E-state index contributed by atoms with van der Waals surface area (Å²) in [4.78, 5) is 12.5. The average Bonchev–Trinajstić information content (AvgIpc) is 2.51. The van der Waals surface area contributed by atoms with Gasteiger partial charge >= 0.3 is 5.97 Å². The van der Waals surface area contributed by atoms with Crippen LogP contribution in [0, 0.1) is 0 Å². The molecule has 0 bridgehead atoms. The van der Waals surface area contributed by atoms with Gasteiger partial charge in [-0.2, -0.15) is 0 Å². The summed E-state index contributed by atoms with van der Waals surface area (Å²) in [5.41, 5.74) is 1.02. The second-order valence-electron chi connectivity index (χ2n) is 4.33. The zero-order valence-electron chi connectivity index (χ0n) is 8.27. The Hall–Kier alpha value is -0.960. The lowest BCUT2D eigenvalue weighted by molar-refractivity contribution is -0.140. The number of hydrogen-bond acceptors (Lipinski definition) is 2. The van der Waals surface area contributed by atoms with Crippen molar-refractivity contribution in [3.63, 3.8) is 0 Å². The van der Waals surface area contributed by atoms with Crippen LogP contribution >= 0.6 is 11.8 Å². The van der Waals surface area contributed by atoms with Crippen LogP contribution in [0.5, 0.6) is 0 Å². The monoisotopic (exact) mass is 220 g/mol. The molecular formula is C12H12O2S. The number of carboxylic acids is 1. The lowest BCUT2D eigenvalue weighted by atomic mass is 9.72. The van der Waals surface area contributed by atoms with Gasteiger partial charge in [-0.1, -0.05) is 24.6 Å². The van der Waals surface area contributed by atoms with E-state index in [-0.39, 0.29) is 10.7 Å². The van der Waals surface area contributed by atoms with Crippen molar-refractivity contribution in [2.75, 3.05) is 0 Å². The molecule has 15 heavy (non-hydrogen) atoms. The number of hydrogen-bond donors (Lipinski definition) is 1. The summed E-state index contributed by atoms with van der Waals surface area (Å²) < 4.78 is -0.0183. The summed E-state index contributed by atoms with van der Waals surface area (Å²) in [6, 6.07) is 7.94. The first kappa shape index (κ1) is 9.28. The van der Waals surface area contributed by atoms with Crippen molar-refractivity contribution in [2.45, 2.75) is 34.8 Å². The highest BCUT2D eigenvalue weighted by Gasteiger charge is 2.54. The van der Waals surface area contributed by atoms with Crippen molar-refractivity contribution in [2.24, 2.45) is 0 Å². The molecule has 1 atom stereocenters. The highest BCUT2D eigenvalue weighted by Crippen LogP contribution is 2.62. The van der Waals surface area contributed by atoms with Crippen LogP contribution in [-0.2, 0) is 4.79 Å². The topological polar surface area (TPSA) is 37.3 Å². The van der Waals surface area contributed by atoms with Crippen LogP contribution in [0.1, 0.15) is 30.7 Å². The lowest BCUT2D eigenvalue weighted by Crippen LogP contribution is -2.40. The van der Waals surface area contributed by atoms with Gasteiger partial charge in [-0.15, -0.1) is 11.8 Å². The number of benzene rings is 1. The fourth-order valence-corrected chi connectivity index (χ4v) is 4.37. The fourth-order valence-electron chi connectivity index (χ4n) is 2.65. The first-order valence-electron chi connectivity index (χ1n) is 5.24. The summed E-state index contributed by atoms with van der Waals surface area (Å²) in [6.07, 6.45) is 3.26. The average molecular weight is 220 g/mol. The van der Waals surface area contributed by atoms with E-state index in [1.807, 2.05) is 24.3 Å². The Morgan fingerprint density at radius 1 is 1.40 bits per heavy atom. The first-order chi connectivity index (χ1) is 7.23. The molecule has 0 radical (unpaired) electrons. The minimum absolute atomic E-state index is 0.0183. The minimum atomic E-state index is -0.660. The van der Waals surface area contributed by atoms with Gasteiger partial charge in [0.05, 0.1) is 5.92 Å². The Bertz CT molecular complexity index is 423. The molecule has 1 heterocycles. The van der Waals surface area contributed by atoms with Gasteiger partial charge < -0.3 is 5.11 Å². The van der Waals surface area contributed by atoms with Crippen molar-refractivity contribution in [3.05, 3.63) is 29.8 Å². The summed E-state index contributed by atoms with van der Waals surface area (Å²) in [5.74, 6) is -0.945. The van der Waals surface area contributed by atoms with E-state index < -0.39 is 5.97 Å². The third kappa shape index (κ3) is 1.16. The van der Waals surface area contributed by atoms with Crippen LogP contribution in [0.4, 0.5) is 0 Å².